The Hall–Kier alpha value is 1.78. The molecule has 0 amide bonds. The fourth-order valence-corrected chi connectivity index (χ4v) is 0.245. The summed E-state index contributed by atoms with van der Waals surface area (Å²) in [7, 11) is 1.31. The number of allylic oxidation sites excluding steroid dienone is 1. The Bertz CT molecular complexity index is 156. The number of methoxy groups -OCH3 is 1. The second-order valence-corrected chi connectivity index (χ2v) is 37.0. The van der Waals surface area contributed by atoms with Crippen LogP contribution in [-0.4, -0.2) is 13.1 Å². The molecule has 2 N–H and O–H groups in total. The number of nitrogens with two attached hydrogens (primary N) is 1. The van der Waals surface area contributed by atoms with Crippen molar-refractivity contribution in [3.63, 3.8) is 0 Å². The van der Waals surface area contributed by atoms with Crippen LogP contribution >= 0.6 is 59.9 Å². The molecule has 12 heavy (non-hydrogen) atoms. The molecule has 0 saturated heterocycles. The number of ether oxygens (including phenoxy) is 1. The maximum atomic E-state index is 10.2. The Kier molecular flexibility index (Phi) is 14.7. The van der Waals surface area contributed by atoms with Crippen LogP contribution in [0.4, 0.5) is 0 Å². The van der Waals surface area contributed by atoms with Crippen LogP contribution in [0.3, 0.4) is 0 Å². The third-order valence-electron chi connectivity index (χ3n) is 0.547. The molecule has 0 fully saturated rings. The Balaban J connectivity index is 0. The van der Waals surface area contributed by atoms with Crippen LogP contribution in [0.2, 0.25) is 0 Å². The number of hydrogen-bond donors (Lipinski definition) is 1. The summed E-state index contributed by atoms with van der Waals surface area (Å²) in [4.78, 5) is 9.97. The van der Waals surface area contributed by atoms with Gasteiger partial charge in [-0.3, -0.25) is 0 Å². The standard InChI is InChI=1S/C5H9NO2.3HI.V/c1-4(6)3-5(7)8-2;;;;/h3H,6H2,1-2H3;3*1H;/q;;;;+3/p-3/b4-3+;;;;. The van der Waals surface area contributed by atoms with E-state index in [0.717, 1.165) is 0 Å². The first-order chi connectivity index (χ1) is 5.40. The van der Waals surface area contributed by atoms with Crippen molar-refractivity contribution in [2.45, 2.75) is 6.92 Å². The second-order valence-electron chi connectivity index (χ2n) is 1.60. The summed E-state index contributed by atoms with van der Waals surface area (Å²) >= 11 is 7.39. The first kappa shape index (κ1) is 16.2. The molecule has 0 bridgehead atoms. The average molecular weight is 547 g/mol. The van der Waals surface area contributed by atoms with Gasteiger partial charge in [0.1, 0.15) is 0 Å². The van der Waals surface area contributed by atoms with Gasteiger partial charge in [-0.25, -0.2) is 4.79 Å². The number of carbonyl (C=O) groups excluding carboxylic acids is 1. The van der Waals surface area contributed by atoms with E-state index in [4.69, 9.17) is 5.73 Å². The third kappa shape index (κ3) is 22.6. The molecule has 0 aliphatic carbocycles. The summed E-state index contributed by atoms with van der Waals surface area (Å²) in [6.45, 7) is 1.62. The summed E-state index contributed by atoms with van der Waals surface area (Å²) in [6, 6.07) is 0. The van der Waals surface area contributed by atoms with Crippen LogP contribution in [0.5, 0.6) is 0 Å². The van der Waals surface area contributed by atoms with Gasteiger partial charge < -0.3 is 10.5 Å². The van der Waals surface area contributed by atoms with E-state index in [1.165, 1.54) is 13.2 Å². The summed E-state index contributed by atoms with van der Waals surface area (Å²) in [6.07, 6.45) is 1.22. The van der Waals surface area contributed by atoms with Gasteiger partial charge in [-0.1, -0.05) is 0 Å². The fourth-order valence-electron chi connectivity index (χ4n) is 0.245. The zero-order chi connectivity index (χ0) is 10.1. The van der Waals surface area contributed by atoms with E-state index in [2.05, 4.69) is 64.7 Å². The van der Waals surface area contributed by atoms with Crippen LogP contribution in [0.1, 0.15) is 6.92 Å². The van der Waals surface area contributed by atoms with E-state index in [9.17, 15) is 4.79 Å². The van der Waals surface area contributed by atoms with Gasteiger partial charge in [0.15, 0.2) is 0 Å². The molecule has 3 nitrogen and oxygen atoms in total. The van der Waals surface area contributed by atoms with E-state index in [-0.39, 0.29) is 4.92 Å². The molecule has 72 valence electrons. The average Bonchev–Trinajstić information content (AvgIpc) is 1.84. The second kappa shape index (κ2) is 10.9. The van der Waals surface area contributed by atoms with Gasteiger partial charge in [-0.15, -0.1) is 0 Å². The van der Waals surface area contributed by atoms with Crippen LogP contribution in [0.15, 0.2) is 11.8 Å². The molecular formula is C5H9I3NO2V. The number of esters is 1. The van der Waals surface area contributed by atoms with Crippen molar-refractivity contribution in [3.05, 3.63) is 11.8 Å². The Morgan fingerprint density at radius 3 is 1.92 bits per heavy atom. The summed E-state index contributed by atoms with van der Waals surface area (Å²) in [5.74, 6) is -0.412. The number of carbonyl (C=O) groups is 1. The molecular weight excluding hydrogens is 538 g/mol. The van der Waals surface area contributed by atoms with Gasteiger partial charge in [0, 0.05) is 11.8 Å². The Labute approximate surface area is 110 Å². The van der Waals surface area contributed by atoms with Crippen molar-refractivity contribution in [2.75, 3.05) is 7.11 Å². The summed E-state index contributed by atoms with van der Waals surface area (Å²) in [5.41, 5.74) is 5.58. The molecule has 0 radical (unpaired) electrons. The molecule has 0 aromatic carbocycles. The molecule has 0 aromatic rings. The molecule has 7 heteroatoms. The van der Waals surface area contributed by atoms with Crippen LogP contribution < -0.4 is 5.73 Å². The zero-order valence-electron chi connectivity index (χ0n) is 6.55. The molecule has 0 rings (SSSR count). The fraction of sp³-hybridized carbons (Fsp3) is 0.400. The SMILES string of the molecule is COC(=O)/C=C(\C)N.[I][V]([I])[I]. The molecule has 0 aromatic heterocycles. The molecule has 0 unspecified atom stereocenters. The van der Waals surface area contributed by atoms with Crippen molar-refractivity contribution in [2.24, 2.45) is 5.73 Å². The van der Waals surface area contributed by atoms with Gasteiger partial charge in [0.2, 0.25) is 0 Å². The van der Waals surface area contributed by atoms with Crippen LogP contribution in [0.25, 0.3) is 0 Å². The van der Waals surface area contributed by atoms with Crippen molar-refractivity contribution >= 4 is 65.9 Å². The Morgan fingerprint density at radius 1 is 1.50 bits per heavy atom. The van der Waals surface area contributed by atoms with Gasteiger partial charge >= 0.3 is 70.8 Å². The first-order valence-corrected chi connectivity index (χ1v) is 16.2. The van der Waals surface area contributed by atoms with E-state index < -0.39 is 5.97 Å². The third-order valence-corrected chi connectivity index (χ3v) is 0.547. The molecule has 0 aliphatic heterocycles. The summed E-state index contributed by atoms with van der Waals surface area (Å²) in [5, 5.41) is 0. The quantitative estimate of drug-likeness (QED) is 0.313. The van der Waals surface area contributed by atoms with E-state index in [1.54, 1.807) is 6.92 Å². The maximum absolute atomic E-state index is 10.2. The summed E-state index contributed by atoms with van der Waals surface area (Å²) < 4.78 is 4.27. The molecule has 0 aliphatic rings. The predicted octanol–water partition coefficient (Wildman–Crippen LogP) is 2.68. The van der Waals surface area contributed by atoms with Gasteiger partial charge in [-0.05, 0) is 6.92 Å². The van der Waals surface area contributed by atoms with Crippen molar-refractivity contribution in [1.29, 1.82) is 0 Å². The van der Waals surface area contributed by atoms with Crippen molar-refractivity contribution < 1.29 is 14.5 Å². The normalized spacial score (nSPS) is 10.3. The number of halogens is 3. The van der Waals surface area contributed by atoms with Gasteiger partial charge in [0.05, 0.1) is 7.11 Å². The van der Waals surface area contributed by atoms with Crippen molar-refractivity contribution in [3.8, 4) is 0 Å². The van der Waals surface area contributed by atoms with E-state index in [0.29, 0.717) is 5.70 Å². The minimum absolute atomic E-state index is 0.278. The van der Waals surface area contributed by atoms with E-state index in [1.807, 2.05) is 0 Å². The monoisotopic (exact) mass is 547 g/mol. The van der Waals surface area contributed by atoms with Crippen LogP contribution in [-0.2, 0) is 14.5 Å². The number of rotatable bonds is 1. The minimum atomic E-state index is -0.412. The Morgan fingerprint density at radius 2 is 1.83 bits per heavy atom. The van der Waals surface area contributed by atoms with Gasteiger partial charge in [-0.2, -0.15) is 0 Å². The zero-order valence-corrected chi connectivity index (χ0v) is 14.4. The molecule has 0 spiro atoms. The molecule has 0 atom stereocenters. The predicted molar refractivity (Wildman–Crippen MR) is 72.0 cm³/mol. The van der Waals surface area contributed by atoms with Gasteiger partial charge in [0.25, 0.3) is 0 Å². The topological polar surface area (TPSA) is 52.3 Å². The van der Waals surface area contributed by atoms with Crippen molar-refractivity contribution in [1.82, 2.24) is 0 Å². The number of hydrogen-bond acceptors (Lipinski definition) is 3. The molecule has 0 heterocycles. The first-order valence-electron chi connectivity index (χ1n) is 2.69. The molecule has 0 saturated carbocycles. The van der Waals surface area contributed by atoms with E-state index >= 15 is 0 Å². The van der Waals surface area contributed by atoms with Crippen LogP contribution in [0, 0.1) is 0 Å².